The highest BCUT2D eigenvalue weighted by Crippen LogP contribution is 2.37. The molecule has 7 heteroatoms. The molecule has 2 saturated heterocycles. The second-order valence-electron chi connectivity index (χ2n) is 10.5. The third-order valence-electron chi connectivity index (χ3n) is 7.66. The largest absolute Gasteiger partial charge is 0.338 e. The van der Waals surface area contributed by atoms with Gasteiger partial charge in [-0.15, -0.1) is 0 Å². The molecule has 2 aliphatic heterocycles. The third kappa shape index (κ3) is 5.02. The van der Waals surface area contributed by atoms with Crippen molar-refractivity contribution in [1.82, 2.24) is 14.7 Å². The van der Waals surface area contributed by atoms with Crippen LogP contribution in [0.3, 0.4) is 0 Å². The van der Waals surface area contributed by atoms with E-state index >= 15 is 0 Å². The van der Waals surface area contributed by atoms with Crippen molar-refractivity contribution in [3.05, 3.63) is 29.8 Å². The molecule has 0 bridgehead atoms. The standard InChI is InChI=1S/C26H38N4O3/c1-19-15-20(2)17-29(16-19)24(32)22-9-5-6-10-23(22)27-25(33)28-13-14-30(21(3)31)26(18-28)11-7-4-8-12-26/h5-6,9-10,19-20H,4,7-8,11-18H2,1-3H3,(H,27,33). The van der Waals surface area contributed by atoms with E-state index in [4.69, 9.17) is 0 Å². The van der Waals surface area contributed by atoms with E-state index in [-0.39, 0.29) is 23.4 Å². The lowest BCUT2D eigenvalue weighted by molar-refractivity contribution is -0.141. The van der Waals surface area contributed by atoms with Crippen LogP contribution in [-0.4, -0.2) is 70.8 Å². The Balaban J connectivity index is 1.49. The molecule has 3 fully saturated rings. The molecule has 0 aromatic heterocycles. The number of anilines is 1. The number of nitrogens with zero attached hydrogens (tertiary/aromatic N) is 3. The fraction of sp³-hybridized carbons (Fsp3) is 0.654. The molecule has 7 nitrogen and oxygen atoms in total. The Hall–Kier alpha value is -2.57. The molecule has 4 rings (SSSR count). The minimum Gasteiger partial charge on any atom is -0.338 e. The van der Waals surface area contributed by atoms with Crippen molar-refractivity contribution in [3.8, 4) is 0 Å². The van der Waals surface area contributed by atoms with Crippen molar-refractivity contribution in [1.29, 1.82) is 0 Å². The number of likely N-dealkylation sites (tertiary alicyclic amines) is 1. The predicted molar refractivity (Wildman–Crippen MR) is 129 cm³/mol. The molecule has 3 aliphatic rings. The van der Waals surface area contributed by atoms with E-state index in [1.165, 1.54) is 6.42 Å². The maximum Gasteiger partial charge on any atom is 0.322 e. The van der Waals surface area contributed by atoms with Crippen LogP contribution in [0.5, 0.6) is 0 Å². The lowest BCUT2D eigenvalue weighted by Gasteiger charge is -2.52. The molecule has 2 unspecified atom stereocenters. The number of hydrogen-bond acceptors (Lipinski definition) is 3. The number of carbonyl (C=O) groups is 3. The number of carbonyl (C=O) groups excluding carboxylic acids is 3. The Labute approximate surface area is 197 Å². The number of benzene rings is 1. The number of piperazine rings is 1. The molecule has 1 saturated carbocycles. The quantitative estimate of drug-likeness (QED) is 0.728. The lowest BCUT2D eigenvalue weighted by atomic mass is 9.78. The summed E-state index contributed by atoms with van der Waals surface area (Å²) in [5.74, 6) is 1.03. The highest BCUT2D eigenvalue weighted by molar-refractivity contribution is 6.03. The highest BCUT2D eigenvalue weighted by Gasteiger charge is 2.44. The molecular weight excluding hydrogens is 416 g/mol. The van der Waals surface area contributed by atoms with E-state index in [1.54, 1.807) is 13.0 Å². The maximum absolute atomic E-state index is 13.3. The van der Waals surface area contributed by atoms with E-state index in [0.717, 1.165) is 45.2 Å². The first-order valence-electron chi connectivity index (χ1n) is 12.5. The Morgan fingerprint density at radius 2 is 1.61 bits per heavy atom. The summed E-state index contributed by atoms with van der Waals surface area (Å²) in [6, 6.07) is 7.12. The Kier molecular flexibility index (Phi) is 6.96. The first-order valence-corrected chi connectivity index (χ1v) is 12.5. The van der Waals surface area contributed by atoms with Gasteiger partial charge in [0, 0.05) is 39.6 Å². The molecule has 1 aromatic rings. The van der Waals surface area contributed by atoms with E-state index in [2.05, 4.69) is 19.2 Å². The zero-order chi connectivity index (χ0) is 23.6. The average molecular weight is 455 g/mol. The number of amides is 4. The number of piperidine rings is 1. The van der Waals surface area contributed by atoms with Crippen LogP contribution < -0.4 is 5.32 Å². The fourth-order valence-corrected chi connectivity index (χ4v) is 6.25. The van der Waals surface area contributed by atoms with Gasteiger partial charge < -0.3 is 20.0 Å². The zero-order valence-corrected chi connectivity index (χ0v) is 20.3. The smallest absolute Gasteiger partial charge is 0.322 e. The SMILES string of the molecule is CC(=O)N1CCN(C(=O)Nc2ccccc2C(=O)N2CC(C)CC(C)C2)CC12CCCCC2. The number of para-hydroxylation sites is 1. The normalized spacial score (nSPS) is 25.1. The van der Waals surface area contributed by atoms with Crippen LogP contribution >= 0.6 is 0 Å². The molecule has 180 valence electrons. The van der Waals surface area contributed by atoms with Crippen LogP contribution in [0, 0.1) is 11.8 Å². The molecule has 1 spiro atoms. The van der Waals surface area contributed by atoms with Crippen molar-refractivity contribution in [2.75, 3.05) is 38.0 Å². The van der Waals surface area contributed by atoms with E-state index in [9.17, 15) is 14.4 Å². The summed E-state index contributed by atoms with van der Waals surface area (Å²) in [6.45, 7) is 9.13. The summed E-state index contributed by atoms with van der Waals surface area (Å²) in [6.07, 6.45) is 6.37. The van der Waals surface area contributed by atoms with Gasteiger partial charge in [-0.05, 0) is 43.2 Å². The Bertz CT molecular complexity index is 885. The summed E-state index contributed by atoms with van der Waals surface area (Å²) >= 11 is 0. The molecular formula is C26H38N4O3. The van der Waals surface area contributed by atoms with E-state index < -0.39 is 0 Å². The van der Waals surface area contributed by atoms with Gasteiger partial charge in [0.1, 0.15) is 0 Å². The molecule has 1 N–H and O–H groups in total. The Morgan fingerprint density at radius 1 is 0.939 bits per heavy atom. The third-order valence-corrected chi connectivity index (χ3v) is 7.66. The van der Waals surface area contributed by atoms with Crippen molar-refractivity contribution in [3.63, 3.8) is 0 Å². The maximum atomic E-state index is 13.3. The number of urea groups is 1. The van der Waals surface area contributed by atoms with Crippen LogP contribution in [0.1, 0.15) is 69.7 Å². The number of nitrogens with one attached hydrogen (secondary N) is 1. The molecule has 33 heavy (non-hydrogen) atoms. The minimum atomic E-state index is -0.255. The average Bonchev–Trinajstić information content (AvgIpc) is 2.78. The summed E-state index contributed by atoms with van der Waals surface area (Å²) in [7, 11) is 0. The summed E-state index contributed by atoms with van der Waals surface area (Å²) in [5, 5.41) is 3.02. The minimum absolute atomic E-state index is 0.0190. The molecule has 1 aliphatic carbocycles. The second-order valence-corrected chi connectivity index (χ2v) is 10.5. The summed E-state index contributed by atoms with van der Waals surface area (Å²) in [4.78, 5) is 44.7. The first-order chi connectivity index (χ1) is 15.8. The zero-order valence-electron chi connectivity index (χ0n) is 20.3. The number of rotatable bonds is 2. The van der Waals surface area contributed by atoms with E-state index in [1.807, 2.05) is 32.9 Å². The van der Waals surface area contributed by atoms with Crippen molar-refractivity contribution >= 4 is 23.5 Å². The summed E-state index contributed by atoms with van der Waals surface area (Å²) < 4.78 is 0. The number of hydrogen-bond donors (Lipinski definition) is 1. The van der Waals surface area contributed by atoms with Crippen LogP contribution in [0.2, 0.25) is 0 Å². The topological polar surface area (TPSA) is 73.0 Å². The van der Waals surface area contributed by atoms with Crippen molar-refractivity contribution in [2.45, 2.75) is 64.8 Å². The second kappa shape index (κ2) is 9.74. The van der Waals surface area contributed by atoms with Gasteiger partial charge in [-0.2, -0.15) is 0 Å². The van der Waals surface area contributed by atoms with Gasteiger partial charge in [-0.1, -0.05) is 45.2 Å². The van der Waals surface area contributed by atoms with Gasteiger partial charge in [0.25, 0.3) is 5.91 Å². The van der Waals surface area contributed by atoms with Gasteiger partial charge >= 0.3 is 6.03 Å². The van der Waals surface area contributed by atoms with Gasteiger partial charge in [-0.25, -0.2) is 4.79 Å². The molecule has 0 radical (unpaired) electrons. The van der Waals surface area contributed by atoms with Crippen LogP contribution in [0.25, 0.3) is 0 Å². The van der Waals surface area contributed by atoms with Gasteiger partial charge in [-0.3, -0.25) is 9.59 Å². The van der Waals surface area contributed by atoms with Gasteiger partial charge in [0.15, 0.2) is 0 Å². The molecule has 1 aromatic carbocycles. The highest BCUT2D eigenvalue weighted by atomic mass is 16.2. The van der Waals surface area contributed by atoms with Gasteiger partial charge in [0.2, 0.25) is 5.91 Å². The van der Waals surface area contributed by atoms with E-state index in [0.29, 0.717) is 42.7 Å². The van der Waals surface area contributed by atoms with Crippen LogP contribution in [-0.2, 0) is 4.79 Å². The predicted octanol–water partition coefficient (Wildman–Crippen LogP) is 4.20. The molecule has 2 atom stereocenters. The van der Waals surface area contributed by atoms with Gasteiger partial charge in [0.05, 0.1) is 16.8 Å². The fourth-order valence-electron chi connectivity index (χ4n) is 6.25. The monoisotopic (exact) mass is 454 g/mol. The van der Waals surface area contributed by atoms with Crippen LogP contribution in [0.15, 0.2) is 24.3 Å². The van der Waals surface area contributed by atoms with Crippen molar-refractivity contribution < 1.29 is 14.4 Å². The molecule has 2 heterocycles. The first kappa shape index (κ1) is 23.6. The lowest BCUT2D eigenvalue weighted by Crippen LogP contribution is -2.65. The Morgan fingerprint density at radius 3 is 2.27 bits per heavy atom. The van der Waals surface area contributed by atoms with Crippen LogP contribution in [0.4, 0.5) is 10.5 Å². The summed E-state index contributed by atoms with van der Waals surface area (Å²) in [5.41, 5.74) is 0.849. The molecule has 4 amide bonds. The van der Waals surface area contributed by atoms with Crippen molar-refractivity contribution in [2.24, 2.45) is 11.8 Å².